The Kier molecular flexibility index (Phi) is 5.06. The van der Waals surface area contributed by atoms with Crippen molar-refractivity contribution in [2.75, 3.05) is 12.3 Å². The molecule has 1 aromatic heterocycles. The highest BCUT2D eigenvalue weighted by molar-refractivity contribution is 5.70. The van der Waals surface area contributed by atoms with Crippen LogP contribution < -0.4 is 5.73 Å². The molecule has 0 fully saturated rings. The smallest absolute Gasteiger partial charge is 0.308 e. The molecule has 4 N–H and O–H groups in total. The van der Waals surface area contributed by atoms with Crippen LogP contribution in [0.3, 0.4) is 0 Å². The number of aromatic nitrogens is 1. The van der Waals surface area contributed by atoms with Gasteiger partial charge in [0.2, 0.25) is 0 Å². The molecule has 6 heteroatoms. The number of nitrogens with two attached hydrogens (primary N) is 1. The second-order valence-electron chi connectivity index (χ2n) is 3.93. The van der Waals surface area contributed by atoms with Crippen molar-refractivity contribution < 1.29 is 19.7 Å². The van der Waals surface area contributed by atoms with Crippen LogP contribution in [0.4, 0.5) is 5.69 Å². The minimum absolute atomic E-state index is 0.237. The molecule has 0 aliphatic heterocycles. The highest BCUT2D eigenvalue weighted by Crippen LogP contribution is 2.19. The Morgan fingerprint density at radius 2 is 2.17 bits per heavy atom. The molecule has 0 amide bonds. The van der Waals surface area contributed by atoms with Gasteiger partial charge in [-0.1, -0.05) is 0 Å². The van der Waals surface area contributed by atoms with E-state index < -0.39 is 18.2 Å². The number of anilines is 1. The maximum Gasteiger partial charge on any atom is 0.308 e. The molecule has 0 spiro atoms. The molecule has 2 unspecified atom stereocenters. The summed E-state index contributed by atoms with van der Waals surface area (Å²) in [5.41, 5.74) is 6.95. The van der Waals surface area contributed by atoms with Gasteiger partial charge in [-0.3, -0.25) is 9.78 Å². The minimum Gasteiger partial charge on any atom is -0.466 e. The Bertz CT molecular complexity index is 423. The number of aliphatic hydroxyl groups excluding tert-OH is 2. The van der Waals surface area contributed by atoms with E-state index in [0.29, 0.717) is 11.4 Å². The van der Waals surface area contributed by atoms with Gasteiger partial charge >= 0.3 is 5.97 Å². The van der Waals surface area contributed by atoms with E-state index in [9.17, 15) is 15.0 Å². The van der Waals surface area contributed by atoms with E-state index in [1.165, 1.54) is 6.07 Å². The second kappa shape index (κ2) is 6.32. The van der Waals surface area contributed by atoms with E-state index in [1.807, 2.05) is 0 Å². The van der Waals surface area contributed by atoms with Crippen molar-refractivity contribution >= 4 is 11.7 Å². The molecule has 100 valence electrons. The van der Waals surface area contributed by atoms with Gasteiger partial charge in [-0.05, 0) is 26.0 Å². The van der Waals surface area contributed by atoms with E-state index in [0.717, 1.165) is 0 Å². The Labute approximate surface area is 105 Å². The fourth-order valence-corrected chi connectivity index (χ4v) is 1.46. The molecular formula is C12H18N2O4. The molecule has 0 saturated heterocycles. The number of pyridine rings is 1. The van der Waals surface area contributed by atoms with Gasteiger partial charge in [0.1, 0.15) is 6.10 Å². The molecule has 2 atom stereocenters. The molecule has 0 aliphatic rings. The summed E-state index contributed by atoms with van der Waals surface area (Å²) in [6.45, 7) is 3.61. The Hall–Kier alpha value is -1.66. The molecule has 0 saturated carbocycles. The molecule has 0 aromatic carbocycles. The van der Waals surface area contributed by atoms with Crippen LogP contribution >= 0.6 is 0 Å². The number of hydrogen-bond acceptors (Lipinski definition) is 6. The van der Waals surface area contributed by atoms with Gasteiger partial charge < -0.3 is 20.7 Å². The highest BCUT2D eigenvalue weighted by Gasteiger charge is 2.23. The van der Waals surface area contributed by atoms with Crippen LogP contribution in [0.5, 0.6) is 0 Å². The average Bonchev–Trinajstić information content (AvgIpc) is 2.32. The molecule has 0 radical (unpaired) electrons. The number of ether oxygens (including phenoxy) is 1. The summed E-state index contributed by atoms with van der Waals surface area (Å²) in [6, 6.07) is 3.11. The van der Waals surface area contributed by atoms with Crippen molar-refractivity contribution in [3.8, 4) is 0 Å². The summed E-state index contributed by atoms with van der Waals surface area (Å²) in [5, 5.41) is 19.6. The van der Waals surface area contributed by atoms with Crippen molar-refractivity contribution in [1.82, 2.24) is 4.98 Å². The lowest BCUT2D eigenvalue weighted by Crippen LogP contribution is -2.24. The molecular weight excluding hydrogens is 236 g/mol. The SMILES string of the molecule is CCOC(=O)CC(O)C(O)c1ccc(N)c(C)n1. The monoisotopic (exact) mass is 254 g/mol. The van der Waals surface area contributed by atoms with Crippen molar-refractivity contribution in [1.29, 1.82) is 0 Å². The lowest BCUT2D eigenvalue weighted by atomic mass is 10.1. The zero-order chi connectivity index (χ0) is 13.7. The van der Waals surface area contributed by atoms with Crippen LogP contribution in [-0.4, -0.2) is 33.9 Å². The number of aryl methyl sites for hydroxylation is 1. The highest BCUT2D eigenvalue weighted by atomic mass is 16.5. The van der Waals surface area contributed by atoms with Gasteiger partial charge in [0, 0.05) is 0 Å². The maximum absolute atomic E-state index is 11.2. The van der Waals surface area contributed by atoms with Crippen molar-refractivity contribution in [2.24, 2.45) is 0 Å². The van der Waals surface area contributed by atoms with Crippen LogP contribution in [-0.2, 0) is 9.53 Å². The predicted molar refractivity (Wildman–Crippen MR) is 65.6 cm³/mol. The molecule has 1 rings (SSSR count). The average molecular weight is 254 g/mol. The number of nitrogens with zero attached hydrogens (tertiary/aromatic N) is 1. The van der Waals surface area contributed by atoms with Gasteiger partial charge in [0.15, 0.2) is 0 Å². The molecule has 1 heterocycles. The van der Waals surface area contributed by atoms with E-state index in [-0.39, 0.29) is 18.7 Å². The van der Waals surface area contributed by atoms with Crippen LogP contribution in [0, 0.1) is 6.92 Å². The zero-order valence-corrected chi connectivity index (χ0v) is 10.5. The number of aliphatic hydroxyl groups is 2. The number of carbonyl (C=O) groups is 1. The van der Waals surface area contributed by atoms with Crippen molar-refractivity contribution in [2.45, 2.75) is 32.5 Å². The minimum atomic E-state index is -1.25. The van der Waals surface area contributed by atoms with Gasteiger partial charge in [0.25, 0.3) is 0 Å². The number of rotatable bonds is 5. The standard InChI is InChI=1S/C12H18N2O4/c1-3-18-11(16)6-10(15)12(17)9-5-4-8(13)7(2)14-9/h4-5,10,12,15,17H,3,6,13H2,1-2H3. The number of carbonyl (C=O) groups excluding carboxylic acids is 1. The maximum atomic E-state index is 11.2. The van der Waals surface area contributed by atoms with E-state index in [4.69, 9.17) is 10.5 Å². The van der Waals surface area contributed by atoms with Gasteiger partial charge in [-0.15, -0.1) is 0 Å². The fourth-order valence-electron chi connectivity index (χ4n) is 1.46. The van der Waals surface area contributed by atoms with Crippen LogP contribution in [0.15, 0.2) is 12.1 Å². The first-order valence-electron chi connectivity index (χ1n) is 5.70. The summed E-state index contributed by atoms with van der Waals surface area (Å²) < 4.78 is 4.69. The lowest BCUT2D eigenvalue weighted by Gasteiger charge is -2.17. The molecule has 18 heavy (non-hydrogen) atoms. The third-order valence-electron chi connectivity index (χ3n) is 2.50. The van der Waals surface area contributed by atoms with E-state index >= 15 is 0 Å². The molecule has 1 aromatic rings. The fraction of sp³-hybridized carbons (Fsp3) is 0.500. The zero-order valence-electron chi connectivity index (χ0n) is 10.5. The Morgan fingerprint density at radius 3 is 2.72 bits per heavy atom. The largest absolute Gasteiger partial charge is 0.466 e. The number of nitrogen functional groups attached to an aromatic ring is 1. The van der Waals surface area contributed by atoms with Crippen molar-refractivity contribution in [3.63, 3.8) is 0 Å². The molecule has 0 bridgehead atoms. The predicted octanol–water partition coefficient (Wildman–Crippen LogP) is 0.320. The third kappa shape index (κ3) is 3.68. The summed E-state index contributed by atoms with van der Waals surface area (Å²) in [5.74, 6) is -0.559. The number of esters is 1. The Morgan fingerprint density at radius 1 is 1.50 bits per heavy atom. The van der Waals surface area contributed by atoms with Crippen LogP contribution in [0.2, 0.25) is 0 Å². The third-order valence-corrected chi connectivity index (χ3v) is 2.50. The van der Waals surface area contributed by atoms with Gasteiger partial charge in [0.05, 0.1) is 36.2 Å². The normalized spacial score (nSPS) is 14.0. The summed E-state index contributed by atoms with van der Waals surface area (Å²) in [6.07, 6.45) is -2.77. The lowest BCUT2D eigenvalue weighted by molar-refractivity contribution is -0.147. The van der Waals surface area contributed by atoms with Gasteiger partial charge in [-0.2, -0.15) is 0 Å². The first-order chi connectivity index (χ1) is 8.45. The number of hydrogen-bond donors (Lipinski definition) is 3. The first kappa shape index (κ1) is 14.4. The Balaban J connectivity index is 2.70. The van der Waals surface area contributed by atoms with Gasteiger partial charge in [-0.25, -0.2) is 0 Å². The van der Waals surface area contributed by atoms with Crippen LogP contribution in [0.25, 0.3) is 0 Å². The topological polar surface area (TPSA) is 106 Å². The summed E-state index contributed by atoms with van der Waals surface area (Å²) >= 11 is 0. The van der Waals surface area contributed by atoms with E-state index in [1.54, 1.807) is 19.9 Å². The summed E-state index contributed by atoms with van der Waals surface area (Å²) in [7, 11) is 0. The summed E-state index contributed by atoms with van der Waals surface area (Å²) in [4.78, 5) is 15.2. The molecule has 6 nitrogen and oxygen atoms in total. The molecule has 0 aliphatic carbocycles. The second-order valence-corrected chi connectivity index (χ2v) is 3.93. The van der Waals surface area contributed by atoms with Crippen molar-refractivity contribution in [3.05, 3.63) is 23.5 Å². The van der Waals surface area contributed by atoms with E-state index in [2.05, 4.69) is 4.98 Å². The first-order valence-corrected chi connectivity index (χ1v) is 5.70. The van der Waals surface area contributed by atoms with Crippen LogP contribution in [0.1, 0.15) is 30.8 Å². The quantitative estimate of drug-likeness (QED) is 0.653.